The Morgan fingerprint density at radius 2 is 2.26 bits per heavy atom. The van der Waals surface area contributed by atoms with E-state index in [1.54, 1.807) is 11.3 Å². The Morgan fingerprint density at radius 1 is 1.41 bits per heavy atom. The van der Waals surface area contributed by atoms with E-state index >= 15 is 0 Å². The summed E-state index contributed by atoms with van der Waals surface area (Å²) in [6.45, 7) is 7.80. The molecule has 27 heavy (non-hydrogen) atoms. The van der Waals surface area contributed by atoms with E-state index in [0.29, 0.717) is 18.5 Å². The lowest BCUT2D eigenvalue weighted by atomic mass is 9.88. The number of thiophene rings is 1. The Morgan fingerprint density at radius 3 is 2.93 bits per heavy atom. The first kappa shape index (κ1) is 22.6. The van der Waals surface area contributed by atoms with Gasteiger partial charge < -0.3 is 10.6 Å². The third kappa shape index (κ3) is 6.40. The third-order valence-electron chi connectivity index (χ3n) is 4.76. The summed E-state index contributed by atoms with van der Waals surface area (Å²) in [4.78, 5) is 14.3. The summed E-state index contributed by atoms with van der Waals surface area (Å²) in [7, 11) is 2.25. The van der Waals surface area contributed by atoms with Crippen molar-refractivity contribution < 1.29 is 0 Å². The standard InChI is InChI=1S/C19H29N5S2.HI/c1-4-20-19(23-13-17-21-11-14(2)26-17)22-12-15-7-5-9-24(3)18(15)16-8-6-10-25-16;/h6,8,10-11,15,18H,4-5,7,9,12-13H2,1-3H3,(H2,20,22,23);1H. The van der Waals surface area contributed by atoms with Crippen LogP contribution in [0.5, 0.6) is 0 Å². The van der Waals surface area contributed by atoms with Crippen LogP contribution in [0.3, 0.4) is 0 Å². The molecule has 0 bridgehead atoms. The van der Waals surface area contributed by atoms with Crippen molar-refractivity contribution in [2.75, 3.05) is 26.7 Å². The highest BCUT2D eigenvalue weighted by Crippen LogP contribution is 2.36. The average Bonchev–Trinajstić information content (AvgIpc) is 3.29. The van der Waals surface area contributed by atoms with E-state index in [1.165, 1.54) is 29.1 Å². The minimum atomic E-state index is 0. The number of guanidine groups is 1. The van der Waals surface area contributed by atoms with E-state index in [0.717, 1.165) is 24.1 Å². The molecule has 2 aromatic heterocycles. The lowest BCUT2D eigenvalue weighted by Crippen LogP contribution is -2.44. The zero-order chi connectivity index (χ0) is 18.4. The molecule has 3 rings (SSSR count). The molecule has 5 nitrogen and oxygen atoms in total. The number of hydrogen-bond acceptors (Lipinski definition) is 5. The van der Waals surface area contributed by atoms with Crippen LogP contribution in [0.15, 0.2) is 28.7 Å². The fourth-order valence-electron chi connectivity index (χ4n) is 3.57. The van der Waals surface area contributed by atoms with Crippen molar-refractivity contribution in [3.05, 3.63) is 38.5 Å². The second-order valence-electron chi connectivity index (χ2n) is 6.78. The first-order valence-electron chi connectivity index (χ1n) is 9.34. The first-order chi connectivity index (χ1) is 12.7. The van der Waals surface area contributed by atoms with Crippen molar-refractivity contribution in [2.24, 2.45) is 10.9 Å². The summed E-state index contributed by atoms with van der Waals surface area (Å²) in [5, 5.41) is 10.2. The van der Waals surface area contributed by atoms with Gasteiger partial charge in [0.05, 0.1) is 6.54 Å². The van der Waals surface area contributed by atoms with Gasteiger partial charge >= 0.3 is 0 Å². The monoisotopic (exact) mass is 519 g/mol. The normalized spacial score (nSPS) is 20.9. The van der Waals surface area contributed by atoms with Crippen molar-refractivity contribution in [1.29, 1.82) is 0 Å². The lowest BCUT2D eigenvalue weighted by molar-refractivity contribution is 0.125. The number of halogens is 1. The Hall–Kier alpha value is -0.710. The Labute approximate surface area is 187 Å². The van der Waals surface area contributed by atoms with Crippen molar-refractivity contribution >= 4 is 52.6 Å². The summed E-state index contributed by atoms with van der Waals surface area (Å²) < 4.78 is 0. The summed E-state index contributed by atoms with van der Waals surface area (Å²) in [6, 6.07) is 4.93. The number of nitrogens with zero attached hydrogens (tertiary/aromatic N) is 3. The van der Waals surface area contributed by atoms with E-state index in [4.69, 9.17) is 4.99 Å². The molecule has 0 amide bonds. The van der Waals surface area contributed by atoms with Crippen molar-refractivity contribution in [1.82, 2.24) is 20.5 Å². The zero-order valence-electron chi connectivity index (χ0n) is 16.3. The molecule has 150 valence electrons. The van der Waals surface area contributed by atoms with Gasteiger partial charge in [0.25, 0.3) is 0 Å². The summed E-state index contributed by atoms with van der Waals surface area (Å²) in [5.74, 6) is 1.48. The molecular weight excluding hydrogens is 489 g/mol. The fourth-order valence-corrected chi connectivity index (χ4v) is 5.27. The topological polar surface area (TPSA) is 52.6 Å². The van der Waals surface area contributed by atoms with E-state index in [1.807, 2.05) is 17.5 Å². The maximum absolute atomic E-state index is 4.72. The SMILES string of the molecule is CCNC(=NCc1ncc(C)s1)NCC1CCCN(C)C1c1cccs1.I. The molecule has 3 heterocycles. The highest BCUT2D eigenvalue weighted by Gasteiger charge is 2.31. The van der Waals surface area contributed by atoms with Gasteiger partial charge in [-0.3, -0.25) is 4.90 Å². The maximum Gasteiger partial charge on any atom is 0.191 e. The number of piperidine rings is 1. The van der Waals surface area contributed by atoms with E-state index < -0.39 is 0 Å². The number of nitrogens with one attached hydrogen (secondary N) is 2. The second kappa shape index (κ2) is 11.3. The van der Waals surface area contributed by atoms with Gasteiger partial charge in [-0.25, -0.2) is 9.98 Å². The number of aliphatic imine (C=N–C) groups is 1. The Kier molecular flexibility index (Phi) is 9.47. The van der Waals surface area contributed by atoms with Gasteiger partial charge in [-0.15, -0.1) is 46.7 Å². The molecule has 1 aliphatic heterocycles. The molecule has 0 aliphatic carbocycles. The Bertz CT molecular complexity index is 701. The molecular formula is C19H30IN5S2. The summed E-state index contributed by atoms with van der Waals surface area (Å²) >= 11 is 3.58. The minimum absolute atomic E-state index is 0. The predicted molar refractivity (Wildman–Crippen MR) is 127 cm³/mol. The molecule has 2 aromatic rings. The van der Waals surface area contributed by atoms with Gasteiger partial charge in [0.2, 0.25) is 0 Å². The van der Waals surface area contributed by atoms with E-state index in [9.17, 15) is 0 Å². The number of aryl methyl sites for hydroxylation is 1. The molecule has 0 saturated carbocycles. The van der Waals surface area contributed by atoms with Crippen LogP contribution in [0.4, 0.5) is 0 Å². The van der Waals surface area contributed by atoms with Gasteiger partial charge in [-0.05, 0) is 57.6 Å². The number of rotatable bonds is 6. The van der Waals surface area contributed by atoms with Crippen LogP contribution in [0.2, 0.25) is 0 Å². The van der Waals surface area contributed by atoms with Crippen molar-refractivity contribution in [3.63, 3.8) is 0 Å². The molecule has 0 spiro atoms. The highest BCUT2D eigenvalue weighted by molar-refractivity contribution is 14.0. The number of likely N-dealkylation sites (tertiary alicyclic amines) is 1. The number of hydrogen-bond donors (Lipinski definition) is 2. The predicted octanol–water partition coefficient (Wildman–Crippen LogP) is 4.27. The second-order valence-corrected chi connectivity index (χ2v) is 9.08. The van der Waals surface area contributed by atoms with Gasteiger partial charge in [-0.2, -0.15) is 0 Å². The molecule has 1 fully saturated rings. The van der Waals surface area contributed by atoms with Crippen LogP contribution >= 0.6 is 46.7 Å². The minimum Gasteiger partial charge on any atom is -0.357 e. The molecule has 2 N–H and O–H groups in total. The van der Waals surface area contributed by atoms with Crippen LogP contribution in [0.25, 0.3) is 0 Å². The highest BCUT2D eigenvalue weighted by atomic mass is 127. The van der Waals surface area contributed by atoms with Crippen molar-refractivity contribution in [3.8, 4) is 0 Å². The molecule has 1 saturated heterocycles. The maximum atomic E-state index is 4.72. The van der Waals surface area contributed by atoms with Gasteiger partial charge in [-0.1, -0.05) is 6.07 Å². The van der Waals surface area contributed by atoms with Crippen LogP contribution in [0, 0.1) is 12.8 Å². The first-order valence-corrected chi connectivity index (χ1v) is 11.0. The fraction of sp³-hybridized carbons (Fsp3) is 0.579. The summed E-state index contributed by atoms with van der Waals surface area (Å²) in [6.07, 6.45) is 4.43. The molecule has 1 aliphatic rings. The van der Waals surface area contributed by atoms with Crippen LogP contribution in [-0.2, 0) is 6.54 Å². The molecule has 8 heteroatoms. The van der Waals surface area contributed by atoms with Gasteiger partial charge in [0, 0.05) is 35.1 Å². The molecule has 2 unspecified atom stereocenters. The van der Waals surface area contributed by atoms with E-state index in [2.05, 4.69) is 58.9 Å². The smallest absolute Gasteiger partial charge is 0.191 e. The van der Waals surface area contributed by atoms with E-state index in [-0.39, 0.29) is 24.0 Å². The third-order valence-corrected chi connectivity index (χ3v) is 6.60. The lowest BCUT2D eigenvalue weighted by Gasteiger charge is -2.39. The Balaban J connectivity index is 0.00000261. The van der Waals surface area contributed by atoms with Crippen LogP contribution in [-0.4, -0.2) is 42.5 Å². The van der Waals surface area contributed by atoms with Crippen LogP contribution < -0.4 is 10.6 Å². The number of thiazole rings is 1. The van der Waals surface area contributed by atoms with Crippen LogP contribution in [0.1, 0.15) is 40.6 Å². The number of aromatic nitrogens is 1. The van der Waals surface area contributed by atoms with Crippen molar-refractivity contribution in [2.45, 2.75) is 39.3 Å². The quantitative estimate of drug-likeness (QED) is 0.340. The molecule has 0 aromatic carbocycles. The van der Waals surface area contributed by atoms with Gasteiger partial charge in [0.1, 0.15) is 5.01 Å². The zero-order valence-corrected chi connectivity index (χ0v) is 20.2. The summed E-state index contributed by atoms with van der Waals surface area (Å²) in [5.41, 5.74) is 0. The largest absolute Gasteiger partial charge is 0.357 e. The van der Waals surface area contributed by atoms with Gasteiger partial charge in [0.15, 0.2) is 5.96 Å². The molecule has 2 atom stereocenters. The average molecular weight is 520 g/mol. The molecule has 0 radical (unpaired) electrons.